The average Bonchev–Trinajstić information content (AvgIpc) is 2.06. The molecule has 5 heteroatoms. The molecule has 4 N–H and O–H groups in total. The normalized spacial score (nSPS) is 28.9. The Morgan fingerprint density at radius 2 is 2.07 bits per heavy atom. The van der Waals surface area contributed by atoms with E-state index in [4.69, 9.17) is 16.3 Å². The van der Waals surface area contributed by atoms with Gasteiger partial charge in [0, 0.05) is 12.6 Å². The first-order valence-corrected chi connectivity index (χ1v) is 5.29. The fourth-order valence-electron chi connectivity index (χ4n) is 1.61. The second kappa shape index (κ2) is 4.47. The molecule has 0 aromatic carbocycles. The molecule has 1 rings (SSSR count). The molecule has 2 unspecified atom stereocenters. The average molecular weight is 215 g/mol. The van der Waals surface area contributed by atoms with Crippen molar-refractivity contribution in [1.29, 1.82) is 0 Å². The standard InChI is InChI=1S/C10H21N3O2/c1-10(2,3)15-9(14)8-6-7(11)4-5-13(8)12/h7-8H,4-6,11-12H2,1-3H3. The van der Waals surface area contributed by atoms with Crippen LogP contribution in [0.1, 0.15) is 33.6 Å². The number of ether oxygens (including phenoxy) is 1. The Kier molecular flexibility index (Phi) is 3.70. The van der Waals surface area contributed by atoms with E-state index in [9.17, 15) is 4.79 Å². The van der Waals surface area contributed by atoms with Gasteiger partial charge in [-0.25, -0.2) is 5.01 Å². The lowest BCUT2D eigenvalue weighted by Crippen LogP contribution is -2.55. The van der Waals surface area contributed by atoms with Crippen LogP contribution in [0, 0.1) is 0 Å². The van der Waals surface area contributed by atoms with Crippen molar-refractivity contribution in [3.63, 3.8) is 0 Å². The molecule has 2 atom stereocenters. The molecule has 0 bridgehead atoms. The summed E-state index contributed by atoms with van der Waals surface area (Å²) in [7, 11) is 0. The van der Waals surface area contributed by atoms with Crippen LogP contribution in [0.5, 0.6) is 0 Å². The van der Waals surface area contributed by atoms with Crippen molar-refractivity contribution in [2.24, 2.45) is 11.6 Å². The molecule has 5 nitrogen and oxygen atoms in total. The number of carbonyl (C=O) groups is 1. The Labute approximate surface area is 90.7 Å². The van der Waals surface area contributed by atoms with Crippen molar-refractivity contribution in [2.45, 2.75) is 51.3 Å². The molecule has 88 valence electrons. The van der Waals surface area contributed by atoms with Gasteiger partial charge in [-0.1, -0.05) is 0 Å². The smallest absolute Gasteiger partial charge is 0.325 e. The van der Waals surface area contributed by atoms with E-state index in [1.165, 1.54) is 5.01 Å². The summed E-state index contributed by atoms with van der Waals surface area (Å²) in [5.41, 5.74) is 5.33. The molecule has 1 aliphatic rings. The number of rotatable bonds is 1. The van der Waals surface area contributed by atoms with Gasteiger partial charge in [0.25, 0.3) is 0 Å². The predicted molar refractivity (Wildman–Crippen MR) is 57.7 cm³/mol. The monoisotopic (exact) mass is 215 g/mol. The molecule has 0 radical (unpaired) electrons. The number of hydrazine groups is 1. The SMILES string of the molecule is CC(C)(C)OC(=O)C1CC(N)CCN1N. The molecule has 0 spiro atoms. The van der Waals surface area contributed by atoms with Crippen LogP contribution in [0.3, 0.4) is 0 Å². The van der Waals surface area contributed by atoms with E-state index in [1.54, 1.807) is 0 Å². The van der Waals surface area contributed by atoms with Gasteiger partial charge in [0.15, 0.2) is 0 Å². The van der Waals surface area contributed by atoms with Gasteiger partial charge >= 0.3 is 5.97 Å². The Morgan fingerprint density at radius 1 is 1.47 bits per heavy atom. The van der Waals surface area contributed by atoms with Crippen LogP contribution in [-0.4, -0.2) is 35.2 Å². The summed E-state index contributed by atoms with van der Waals surface area (Å²) in [5, 5.41) is 1.53. The van der Waals surface area contributed by atoms with Crippen LogP contribution < -0.4 is 11.6 Å². The third-order valence-corrected chi connectivity index (χ3v) is 2.36. The Balaban J connectivity index is 2.57. The number of carbonyl (C=O) groups excluding carboxylic acids is 1. The van der Waals surface area contributed by atoms with E-state index in [2.05, 4.69) is 0 Å². The highest BCUT2D eigenvalue weighted by atomic mass is 16.6. The number of hydrogen-bond acceptors (Lipinski definition) is 5. The molecule has 0 aromatic rings. The van der Waals surface area contributed by atoms with Crippen LogP contribution in [0.25, 0.3) is 0 Å². The van der Waals surface area contributed by atoms with Crippen LogP contribution in [0.15, 0.2) is 0 Å². The lowest BCUT2D eigenvalue weighted by molar-refractivity contribution is -0.163. The van der Waals surface area contributed by atoms with E-state index in [1.807, 2.05) is 20.8 Å². The quantitative estimate of drug-likeness (QED) is 0.475. The number of nitrogens with zero attached hydrogens (tertiary/aromatic N) is 1. The van der Waals surface area contributed by atoms with Crippen molar-refractivity contribution in [3.8, 4) is 0 Å². The first-order valence-electron chi connectivity index (χ1n) is 5.29. The fraction of sp³-hybridized carbons (Fsp3) is 0.900. The zero-order valence-corrected chi connectivity index (χ0v) is 9.69. The minimum Gasteiger partial charge on any atom is -0.459 e. The van der Waals surface area contributed by atoms with Gasteiger partial charge in [-0.15, -0.1) is 0 Å². The first-order chi connectivity index (χ1) is 6.79. The summed E-state index contributed by atoms with van der Waals surface area (Å²) in [6.45, 7) is 6.17. The summed E-state index contributed by atoms with van der Waals surface area (Å²) in [6, 6.07) is -0.352. The Morgan fingerprint density at radius 3 is 2.60 bits per heavy atom. The van der Waals surface area contributed by atoms with E-state index in [-0.39, 0.29) is 12.0 Å². The van der Waals surface area contributed by atoms with Gasteiger partial charge in [0.2, 0.25) is 0 Å². The van der Waals surface area contributed by atoms with Gasteiger partial charge in [-0.05, 0) is 33.6 Å². The molecule has 1 heterocycles. The minimum absolute atomic E-state index is 0.0438. The highest BCUT2D eigenvalue weighted by Gasteiger charge is 2.33. The third-order valence-electron chi connectivity index (χ3n) is 2.36. The molecule has 0 aromatic heterocycles. The lowest BCUT2D eigenvalue weighted by atomic mass is 9.99. The van der Waals surface area contributed by atoms with Crippen LogP contribution >= 0.6 is 0 Å². The molecule has 1 saturated heterocycles. The van der Waals surface area contributed by atoms with Gasteiger partial charge in [0.05, 0.1) is 0 Å². The van der Waals surface area contributed by atoms with Crippen molar-refractivity contribution < 1.29 is 9.53 Å². The molecule has 1 fully saturated rings. The van der Waals surface area contributed by atoms with Crippen molar-refractivity contribution in [3.05, 3.63) is 0 Å². The summed E-state index contributed by atoms with van der Waals surface area (Å²) >= 11 is 0. The Hall–Kier alpha value is -0.650. The maximum atomic E-state index is 11.8. The summed E-state index contributed by atoms with van der Waals surface area (Å²) in [6.07, 6.45) is 1.40. The molecular formula is C10H21N3O2. The number of nitrogens with two attached hydrogens (primary N) is 2. The lowest BCUT2D eigenvalue weighted by Gasteiger charge is -2.35. The minimum atomic E-state index is -0.473. The zero-order valence-electron chi connectivity index (χ0n) is 9.69. The van der Waals surface area contributed by atoms with Crippen LogP contribution in [-0.2, 0) is 9.53 Å². The summed E-state index contributed by atoms with van der Waals surface area (Å²) in [5.74, 6) is 5.46. The summed E-state index contributed by atoms with van der Waals surface area (Å²) < 4.78 is 5.28. The van der Waals surface area contributed by atoms with Gasteiger partial charge < -0.3 is 10.5 Å². The molecule has 0 aliphatic carbocycles. The predicted octanol–water partition coefficient (Wildman–Crippen LogP) is -0.00650. The molecule has 15 heavy (non-hydrogen) atoms. The largest absolute Gasteiger partial charge is 0.459 e. The fourth-order valence-corrected chi connectivity index (χ4v) is 1.61. The van der Waals surface area contributed by atoms with Gasteiger partial charge in [0.1, 0.15) is 11.6 Å². The van der Waals surface area contributed by atoms with Gasteiger partial charge in [-0.2, -0.15) is 0 Å². The number of hydrogen-bond donors (Lipinski definition) is 2. The second-order valence-electron chi connectivity index (χ2n) is 5.07. The highest BCUT2D eigenvalue weighted by Crippen LogP contribution is 2.17. The van der Waals surface area contributed by atoms with Crippen molar-refractivity contribution >= 4 is 5.97 Å². The van der Waals surface area contributed by atoms with E-state index >= 15 is 0 Å². The second-order valence-corrected chi connectivity index (χ2v) is 5.07. The van der Waals surface area contributed by atoms with Crippen molar-refractivity contribution in [1.82, 2.24) is 5.01 Å². The van der Waals surface area contributed by atoms with Crippen LogP contribution in [0.4, 0.5) is 0 Å². The molecule has 1 aliphatic heterocycles. The van der Waals surface area contributed by atoms with E-state index in [0.29, 0.717) is 13.0 Å². The third kappa shape index (κ3) is 3.77. The van der Waals surface area contributed by atoms with Crippen LogP contribution in [0.2, 0.25) is 0 Å². The molecular weight excluding hydrogens is 194 g/mol. The first kappa shape index (κ1) is 12.4. The molecule has 0 amide bonds. The topological polar surface area (TPSA) is 81.6 Å². The highest BCUT2D eigenvalue weighted by molar-refractivity contribution is 5.76. The maximum Gasteiger partial charge on any atom is 0.325 e. The molecule has 0 saturated carbocycles. The van der Waals surface area contributed by atoms with Crippen molar-refractivity contribution in [2.75, 3.05) is 6.54 Å². The van der Waals surface area contributed by atoms with Gasteiger partial charge in [-0.3, -0.25) is 10.6 Å². The summed E-state index contributed by atoms with van der Waals surface area (Å²) in [4.78, 5) is 11.8. The Bertz CT molecular complexity index is 237. The zero-order chi connectivity index (χ0) is 11.6. The number of esters is 1. The number of piperidine rings is 1. The van der Waals surface area contributed by atoms with E-state index < -0.39 is 11.6 Å². The maximum absolute atomic E-state index is 11.8. The van der Waals surface area contributed by atoms with E-state index in [0.717, 1.165) is 6.42 Å².